The monoisotopic (exact) mass is 377 g/mol. The molecule has 1 atom stereocenters. The largest absolute Gasteiger partial charge is 0.493 e. The van der Waals surface area contributed by atoms with E-state index >= 15 is 0 Å². The van der Waals surface area contributed by atoms with Crippen LogP contribution in [0.15, 0.2) is 55.2 Å². The van der Waals surface area contributed by atoms with Crippen molar-refractivity contribution < 1.29 is 9.53 Å². The van der Waals surface area contributed by atoms with Gasteiger partial charge in [-0.25, -0.2) is 4.98 Å². The molecule has 0 aliphatic carbocycles. The maximum atomic E-state index is 12.9. The maximum absolute atomic E-state index is 12.9. The quantitative estimate of drug-likeness (QED) is 0.684. The standard InChI is InChI=1S/C21H23N5O2/c1-16-4-7-19(8-5-16)28-13-17-3-2-10-25(12-17)21(27)18-6-9-20(22-11-18)26-14-23-24-15-26/h4-9,11,14-15,17H,2-3,10,12-13H2,1H3/t17-/m1/s1. The van der Waals surface area contributed by atoms with Crippen LogP contribution < -0.4 is 4.74 Å². The van der Waals surface area contributed by atoms with Gasteiger partial charge < -0.3 is 9.64 Å². The van der Waals surface area contributed by atoms with Crippen molar-refractivity contribution in [2.75, 3.05) is 19.7 Å². The number of ether oxygens (including phenoxy) is 1. The van der Waals surface area contributed by atoms with Crippen LogP contribution in [0.1, 0.15) is 28.8 Å². The number of hydrogen-bond acceptors (Lipinski definition) is 5. The second-order valence-corrected chi connectivity index (χ2v) is 7.16. The second kappa shape index (κ2) is 8.21. The van der Waals surface area contributed by atoms with Gasteiger partial charge in [0.15, 0.2) is 0 Å². The van der Waals surface area contributed by atoms with Gasteiger partial charge in [0.25, 0.3) is 5.91 Å². The topological polar surface area (TPSA) is 73.1 Å². The molecular formula is C21H23N5O2. The molecule has 2 aromatic heterocycles. The molecule has 0 radical (unpaired) electrons. The number of amides is 1. The fourth-order valence-corrected chi connectivity index (χ4v) is 3.40. The minimum absolute atomic E-state index is 0.0165. The number of benzene rings is 1. The van der Waals surface area contributed by atoms with Gasteiger partial charge in [0.05, 0.1) is 12.2 Å². The molecule has 1 fully saturated rings. The number of rotatable bonds is 5. The van der Waals surface area contributed by atoms with Crippen LogP contribution in [0.25, 0.3) is 5.82 Å². The first-order valence-electron chi connectivity index (χ1n) is 9.49. The summed E-state index contributed by atoms with van der Waals surface area (Å²) in [5.41, 5.74) is 1.81. The smallest absolute Gasteiger partial charge is 0.255 e. The van der Waals surface area contributed by atoms with Gasteiger partial charge in [-0.05, 0) is 44.0 Å². The Labute approximate surface area is 164 Å². The molecule has 7 heteroatoms. The SMILES string of the molecule is Cc1ccc(OC[C@@H]2CCCN(C(=O)c3ccc(-n4cnnc4)nc3)C2)cc1. The molecule has 4 rings (SSSR count). The highest BCUT2D eigenvalue weighted by molar-refractivity contribution is 5.94. The van der Waals surface area contributed by atoms with Gasteiger partial charge in [-0.1, -0.05) is 17.7 Å². The van der Waals surface area contributed by atoms with Crippen LogP contribution in [-0.4, -0.2) is 50.3 Å². The molecule has 7 nitrogen and oxygen atoms in total. The Kier molecular flexibility index (Phi) is 5.32. The van der Waals surface area contributed by atoms with Crippen molar-refractivity contribution in [3.05, 3.63) is 66.4 Å². The molecule has 1 aliphatic heterocycles. The molecule has 28 heavy (non-hydrogen) atoms. The zero-order valence-corrected chi connectivity index (χ0v) is 15.9. The molecule has 1 saturated heterocycles. The van der Waals surface area contributed by atoms with Crippen molar-refractivity contribution in [1.29, 1.82) is 0 Å². The van der Waals surface area contributed by atoms with Gasteiger partial charge in [-0.15, -0.1) is 10.2 Å². The zero-order valence-electron chi connectivity index (χ0n) is 15.9. The number of aromatic nitrogens is 4. The van der Waals surface area contributed by atoms with Crippen molar-refractivity contribution in [1.82, 2.24) is 24.6 Å². The van der Waals surface area contributed by atoms with Gasteiger partial charge >= 0.3 is 0 Å². The summed E-state index contributed by atoms with van der Waals surface area (Å²) >= 11 is 0. The average Bonchev–Trinajstić information content (AvgIpc) is 3.28. The number of nitrogens with zero attached hydrogens (tertiary/aromatic N) is 5. The third kappa shape index (κ3) is 4.19. The lowest BCUT2D eigenvalue weighted by molar-refractivity contribution is 0.0633. The number of pyridine rings is 1. The molecule has 1 aromatic carbocycles. The van der Waals surface area contributed by atoms with Crippen LogP contribution in [0, 0.1) is 12.8 Å². The van der Waals surface area contributed by atoms with Crippen LogP contribution in [0.3, 0.4) is 0 Å². The lowest BCUT2D eigenvalue weighted by Gasteiger charge is -2.32. The fourth-order valence-electron chi connectivity index (χ4n) is 3.40. The van der Waals surface area contributed by atoms with E-state index in [-0.39, 0.29) is 5.91 Å². The molecule has 0 unspecified atom stereocenters. The van der Waals surface area contributed by atoms with Gasteiger partial charge in [-0.2, -0.15) is 0 Å². The highest BCUT2D eigenvalue weighted by atomic mass is 16.5. The first kappa shape index (κ1) is 18.2. The Morgan fingerprint density at radius 3 is 2.64 bits per heavy atom. The predicted octanol–water partition coefficient (Wildman–Crippen LogP) is 2.90. The first-order valence-corrected chi connectivity index (χ1v) is 9.49. The molecular weight excluding hydrogens is 354 g/mol. The third-order valence-corrected chi connectivity index (χ3v) is 4.99. The summed E-state index contributed by atoms with van der Waals surface area (Å²) in [5.74, 6) is 1.92. The highest BCUT2D eigenvalue weighted by Gasteiger charge is 2.25. The molecule has 3 aromatic rings. The second-order valence-electron chi connectivity index (χ2n) is 7.16. The van der Waals surface area contributed by atoms with Gasteiger partial charge in [0, 0.05) is 25.2 Å². The van der Waals surface area contributed by atoms with Gasteiger partial charge in [0.2, 0.25) is 0 Å². The lowest BCUT2D eigenvalue weighted by atomic mass is 9.98. The van der Waals surface area contributed by atoms with E-state index in [1.807, 2.05) is 29.2 Å². The number of carbonyl (C=O) groups excluding carboxylic acids is 1. The summed E-state index contributed by atoms with van der Waals surface area (Å²) in [7, 11) is 0. The van der Waals surface area contributed by atoms with E-state index in [4.69, 9.17) is 4.74 Å². The van der Waals surface area contributed by atoms with E-state index in [0.717, 1.165) is 25.1 Å². The predicted molar refractivity (Wildman–Crippen MR) is 104 cm³/mol. The zero-order chi connectivity index (χ0) is 19.3. The van der Waals surface area contributed by atoms with E-state index in [9.17, 15) is 4.79 Å². The summed E-state index contributed by atoms with van der Waals surface area (Å²) in [6.07, 6.45) is 6.82. The number of likely N-dealkylation sites (tertiary alicyclic amines) is 1. The minimum atomic E-state index is 0.0165. The Bertz CT molecular complexity index is 907. The highest BCUT2D eigenvalue weighted by Crippen LogP contribution is 2.21. The Hall–Kier alpha value is -3.22. The summed E-state index contributed by atoms with van der Waals surface area (Å²) in [4.78, 5) is 19.1. The molecule has 0 spiro atoms. The van der Waals surface area contributed by atoms with Crippen molar-refractivity contribution >= 4 is 5.91 Å². The minimum Gasteiger partial charge on any atom is -0.493 e. The maximum Gasteiger partial charge on any atom is 0.255 e. The van der Waals surface area contributed by atoms with Crippen molar-refractivity contribution in [2.24, 2.45) is 5.92 Å². The fraction of sp³-hybridized carbons (Fsp3) is 0.333. The Morgan fingerprint density at radius 2 is 1.93 bits per heavy atom. The van der Waals surface area contributed by atoms with Crippen molar-refractivity contribution in [3.8, 4) is 11.6 Å². The van der Waals surface area contributed by atoms with Crippen LogP contribution in [0.2, 0.25) is 0 Å². The Morgan fingerprint density at radius 1 is 1.14 bits per heavy atom. The van der Waals surface area contributed by atoms with E-state index in [0.29, 0.717) is 30.5 Å². The number of hydrogen-bond donors (Lipinski definition) is 0. The van der Waals surface area contributed by atoms with Crippen LogP contribution in [-0.2, 0) is 0 Å². The van der Waals surface area contributed by atoms with Gasteiger partial charge in [-0.3, -0.25) is 9.36 Å². The van der Waals surface area contributed by atoms with Crippen LogP contribution in [0.4, 0.5) is 0 Å². The van der Waals surface area contributed by atoms with E-state index < -0.39 is 0 Å². The number of piperidine rings is 1. The molecule has 0 N–H and O–H groups in total. The van der Waals surface area contributed by atoms with Crippen LogP contribution >= 0.6 is 0 Å². The third-order valence-electron chi connectivity index (χ3n) is 4.99. The Balaban J connectivity index is 1.35. The molecule has 144 valence electrons. The summed E-state index contributed by atoms with van der Waals surface area (Å²) in [6.45, 7) is 4.16. The normalized spacial score (nSPS) is 16.8. The van der Waals surface area contributed by atoms with Crippen molar-refractivity contribution in [3.63, 3.8) is 0 Å². The summed E-state index contributed by atoms with van der Waals surface area (Å²) in [6, 6.07) is 11.7. The molecule has 1 aliphatic rings. The number of carbonyl (C=O) groups is 1. The lowest BCUT2D eigenvalue weighted by Crippen LogP contribution is -2.41. The number of aryl methyl sites for hydroxylation is 1. The summed E-state index contributed by atoms with van der Waals surface area (Å²) in [5, 5.41) is 7.53. The van der Waals surface area contributed by atoms with E-state index in [1.54, 1.807) is 35.6 Å². The summed E-state index contributed by atoms with van der Waals surface area (Å²) < 4.78 is 7.63. The van der Waals surface area contributed by atoms with Gasteiger partial charge in [0.1, 0.15) is 24.2 Å². The first-order chi connectivity index (χ1) is 13.7. The van der Waals surface area contributed by atoms with Crippen LogP contribution in [0.5, 0.6) is 5.75 Å². The molecule has 3 heterocycles. The molecule has 1 amide bonds. The van der Waals surface area contributed by atoms with E-state index in [2.05, 4.69) is 22.1 Å². The van der Waals surface area contributed by atoms with Crippen molar-refractivity contribution in [2.45, 2.75) is 19.8 Å². The molecule has 0 saturated carbocycles. The molecule has 0 bridgehead atoms. The van der Waals surface area contributed by atoms with E-state index in [1.165, 1.54) is 5.56 Å². The average molecular weight is 377 g/mol.